The van der Waals surface area contributed by atoms with Crippen molar-refractivity contribution in [3.05, 3.63) is 164 Å². The van der Waals surface area contributed by atoms with Crippen LogP contribution in [-0.4, -0.2) is 9.55 Å². The molecule has 4 heteroatoms. The Bertz CT molecular complexity index is 3730. The second-order valence-corrected chi connectivity index (χ2v) is 14.6. The lowest BCUT2D eigenvalue weighted by Gasteiger charge is -2.08. The van der Waals surface area contributed by atoms with Crippen LogP contribution in [0.3, 0.4) is 0 Å². The molecule has 0 aliphatic heterocycles. The van der Waals surface area contributed by atoms with E-state index in [1.165, 1.54) is 48.9 Å². The van der Waals surface area contributed by atoms with E-state index in [4.69, 9.17) is 8.83 Å². The Balaban J connectivity index is 0.977. The van der Waals surface area contributed by atoms with Gasteiger partial charge in [-0.2, -0.15) is 0 Å². The van der Waals surface area contributed by atoms with Crippen LogP contribution in [0.2, 0.25) is 0 Å². The van der Waals surface area contributed by atoms with Crippen LogP contribution in [0.1, 0.15) is 0 Å². The fourth-order valence-electron chi connectivity index (χ4n) is 9.14. The number of aromatic amines is 1. The quantitative estimate of drug-likeness (QED) is 0.196. The van der Waals surface area contributed by atoms with E-state index in [1.807, 2.05) is 12.1 Å². The van der Waals surface area contributed by atoms with Gasteiger partial charge in [0.2, 0.25) is 0 Å². The minimum Gasteiger partial charge on any atom is -0.455 e. The molecule has 0 saturated heterocycles. The number of furan rings is 2. The van der Waals surface area contributed by atoms with Crippen LogP contribution in [0.25, 0.3) is 126 Å². The van der Waals surface area contributed by atoms with Crippen LogP contribution in [0.4, 0.5) is 0 Å². The summed E-state index contributed by atoms with van der Waals surface area (Å²) in [6, 6.07) is 59.0. The zero-order valence-corrected chi connectivity index (χ0v) is 28.9. The van der Waals surface area contributed by atoms with Gasteiger partial charge in [-0.05, 0) is 107 Å². The van der Waals surface area contributed by atoms with E-state index in [0.717, 1.165) is 76.9 Å². The molecule has 1 N–H and O–H groups in total. The molecular weight excluding hydrogens is 661 g/mol. The minimum absolute atomic E-state index is 0.890. The van der Waals surface area contributed by atoms with Crippen molar-refractivity contribution in [3.8, 4) is 16.8 Å². The van der Waals surface area contributed by atoms with Gasteiger partial charge >= 0.3 is 0 Å². The number of fused-ring (bicyclic) bond motifs is 16. The van der Waals surface area contributed by atoms with Crippen LogP contribution in [-0.2, 0) is 0 Å². The molecule has 4 nitrogen and oxygen atoms in total. The van der Waals surface area contributed by atoms with E-state index in [-0.39, 0.29) is 0 Å². The summed E-state index contributed by atoms with van der Waals surface area (Å²) in [4.78, 5) is 3.69. The maximum absolute atomic E-state index is 6.71. The second kappa shape index (κ2) is 10.2. The summed E-state index contributed by atoms with van der Waals surface area (Å²) in [5.74, 6) is 0. The lowest BCUT2D eigenvalue weighted by Crippen LogP contribution is -1.92. The van der Waals surface area contributed by atoms with Gasteiger partial charge in [-0.25, -0.2) is 0 Å². The molecule has 0 unspecified atom stereocenters. The standard InChI is InChI=1S/C50H28N2O2/c1-2-8-32(9-3-1)52-45-12-6-4-10-33(45)41-25-31-15-19-36-42-23-29(17-21-48(42)54-50(36)38(31)27-46(41)52)28-16-20-43-39(22-28)40-24-30-14-18-35-34-11-5-7-13-47(34)53-49(35)37(30)26-44(40)51-43/h1-27,51H. The number of benzene rings is 9. The number of H-pyrrole nitrogens is 1. The maximum Gasteiger partial charge on any atom is 0.143 e. The van der Waals surface area contributed by atoms with Crippen molar-refractivity contribution in [2.45, 2.75) is 0 Å². The summed E-state index contributed by atoms with van der Waals surface area (Å²) in [6.45, 7) is 0. The highest BCUT2D eigenvalue weighted by molar-refractivity contribution is 6.22. The minimum atomic E-state index is 0.890. The molecule has 0 radical (unpaired) electrons. The van der Waals surface area contributed by atoms with Gasteiger partial charge in [-0.15, -0.1) is 0 Å². The van der Waals surface area contributed by atoms with Crippen molar-refractivity contribution in [1.82, 2.24) is 9.55 Å². The first-order chi connectivity index (χ1) is 26.7. The molecule has 0 saturated carbocycles. The molecule has 250 valence electrons. The SMILES string of the molecule is c1ccc(-n2c3ccccc3c3cc4ccc5c6cc(-c7ccc8[nH]c9cc%10c(ccc%11c%12ccccc%12oc%10%11)cc9c8c7)ccc6oc5c4cc32)cc1. The van der Waals surface area contributed by atoms with E-state index in [2.05, 4.69) is 161 Å². The van der Waals surface area contributed by atoms with Gasteiger partial charge in [0.25, 0.3) is 0 Å². The smallest absolute Gasteiger partial charge is 0.143 e. The number of aromatic nitrogens is 2. The molecule has 0 amide bonds. The van der Waals surface area contributed by atoms with Crippen molar-refractivity contribution in [3.63, 3.8) is 0 Å². The summed E-state index contributed by atoms with van der Waals surface area (Å²) < 4.78 is 15.5. The van der Waals surface area contributed by atoms with E-state index < -0.39 is 0 Å². The summed E-state index contributed by atoms with van der Waals surface area (Å²) in [6.07, 6.45) is 0. The number of nitrogens with zero attached hydrogens (tertiary/aromatic N) is 1. The van der Waals surface area contributed by atoms with E-state index in [0.29, 0.717) is 0 Å². The fraction of sp³-hybridized carbons (Fsp3) is 0. The van der Waals surface area contributed by atoms with Crippen molar-refractivity contribution < 1.29 is 8.83 Å². The predicted molar refractivity (Wildman–Crippen MR) is 225 cm³/mol. The molecule has 13 aromatic rings. The van der Waals surface area contributed by atoms with Crippen molar-refractivity contribution in [2.75, 3.05) is 0 Å². The summed E-state index contributed by atoms with van der Waals surface area (Å²) >= 11 is 0. The normalized spacial score (nSPS) is 12.4. The highest BCUT2D eigenvalue weighted by Crippen LogP contribution is 2.42. The maximum atomic E-state index is 6.71. The molecular formula is C50H28N2O2. The van der Waals surface area contributed by atoms with Crippen molar-refractivity contribution in [2.24, 2.45) is 0 Å². The highest BCUT2D eigenvalue weighted by Gasteiger charge is 2.18. The Kier molecular flexibility index (Phi) is 5.34. The van der Waals surface area contributed by atoms with Crippen LogP contribution in [0.15, 0.2) is 173 Å². The average Bonchev–Trinajstić information content (AvgIpc) is 3.98. The molecule has 4 heterocycles. The first kappa shape index (κ1) is 28.3. The largest absolute Gasteiger partial charge is 0.455 e. The molecule has 0 aliphatic rings. The van der Waals surface area contributed by atoms with Gasteiger partial charge < -0.3 is 18.4 Å². The fourth-order valence-corrected chi connectivity index (χ4v) is 9.14. The van der Waals surface area contributed by atoms with E-state index >= 15 is 0 Å². The Morgan fingerprint density at radius 2 is 0.981 bits per heavy atom. The predicted octanol–water partition coefficient (Wildman–Crippen LogP) is 14.2. The van der Waals surface area contributed by atoms with Crippen molar-refractivity contribution >= 4 is 109 Å². The first-order valence-electron chi connectivity index (χ1n) is 18.4. The zero-order valence-electron chi connectivity index (χ0n) is 28.9. The summed E-state index contributed by atoms with van der Waals surface area (Å²) in [5, 5.41) is 14.0. The molecule has 0 fully saturated rings. The summed E-state index contributed by atoms with van der Waals surface area (Å²) in [7, 11) is 0. The lowest BCUT2D eigenvalue weighted by atomic mass is 9.99. The molecule has 54 heavy (non-hydrogen) atoms. The Morgan fingerprint density at radius 3 is 1.81 bits per heavy atom. The monoisotopic (exact) mass is 688 g/mol. The third-order valence-electron chi connectivity index (χ3n) is 11.7. The number of nitrogens with one attached hydrogen (secondary N) is 1. The molecule has 0 spiro atoms. The van der Waals surface area contributed by atoms with Crippen LogP contribution >= 0.6 is 0 Å². The number of rotatable bonds is 2. The number of hydrogen-bond donors (Lipinski definition) is 1. The van der Waals surface area contributed by atoms with Crippen LogP contribution in [0, 0.1) is 0 Å². The Morgan fingerprint density at radius 1 is 0.352 bits per heavy atom. The van der Waals surface area contributed by atoms with Gasteiger partial charge in [0.1, 0.15) is 22.3 Å². The van der Waals surface area contributed by atoms with Gasteiger partial charge in [0.15, 0.2) is 0 Å². The highest BCUT2D eigenvalue weighted by atomic mass is 16.3. The first-order valence-corrected chi connectivity index (χ1v) is 18.4. The Hall–Kier alpha value is -7.30. The van der Waals surface area contributed by atoms with Crippen molar-refractivity contribution in [1.29, 1.82) is 0 Å². The third kappa shape index (κ3) is 3.76. The number of para-hydroxylation sites is 3. The number of hydrogen-bond acceptors (Lipinski definition) is 2. The molecule has 13 rings (SSSR count). The van der Waals surface area contributed by atoms with Gasteiger partial charge in [0.05, 0.1) is 11.0 Å². The van der Waals surface area contributed by atoms with Gasteiger partial charge in [-0.3, -0.25) is 0 Å². The molecule has 9 aromatic carbocycles. The Labute approximate surface area is 307 Å². The van der Waals surface area contributed by atoms with Gasteiger partial charge in [-0.1, -0.05) is 78.9 Å². The van der Waals surface area contributed by atoms with E-state index in [1.54, 1.807) is 0 Å². The topological polar surface area (TPSA) is 47.0 Å². The third-order valence-corrected chi connectivity index (χ3v) is 11.7. The molecule has 0 bridgehead atoms. The average molecular weight is 689 g/mol. The molecule has 4 aromatic heterocycles. The summed E-state index contributed by atoms with van der Waals surface area (Å²) in [5.41, 5.74) is 11.7. The lowest BCUT2D eigenvalue weighted by molar-refractivity contribution is 0.672. The molecule has 0 atom stereocenters. The van der Waals surface area contributed by atoms with Gasteiger partial charge in [0, 0.05) is 70.6 Å². The zero-order chi connectivity index (χ0) is 35.1. The van der Waals surface area contributed by atoms with Crippen LogP contribution < -0.4 is 0 Å². The van der Waals surface area contributed by atoms with Crippen LogP contribution in [0.5, 0.6) is 0 Å². The van der Waals surface area contributed by atoms with E-state index in [9.17, 15) is 0 Å². The molecule has 0 aliphatic carbocycles. The second-order valence-electron chi connectivity index (χ2n) is 14.6.